The zero-order chi connectivity index (χ0) is 13.8. The molecule has 18 heavy (non-hydrogen) atoms. The average molecular weight is 255 g/mol. The molecular formula is C15H29NO2. The quantitative estimate of drug-likeness (QED) is 0.244. The monoisotopic (exact) mass is 255 g/mol. The van der Waals surface area contributed by atoms with Gasteiger partial charge in [0.15, 0.2) is 6.23 Å². The molecule has 0 aromatic rings. The molecule has 1 unspecified atom stereocenters. The molecule has 0 aliphatic rings. The van der Waals surface area contributed by atoms with Gasteiger partial charge in [0.25, 0.3) is 0 Å². The molecule has 0 amide bonds. The average Bonchev–Trinajstić information content (AvgIpc) is 2.37. The van der Waals surface area contributed by atoms with Crippen molar-refractivity contribution >= 4 is 5.97 Å². The van der Waals surface area contributed by atoms with E-state index >= 15 is 0 Å². The van der Waals surface area contributed by atoms with Crippen molar-refractivity contribution in [3.8, 4) is 0 Å². The lowest BCUT2D eigenvalue weighted by Crippen LogP contribution is -2.37. The fraction of sp³-hybridized carbons (Fsp3) is 0.800. The van der Waals surface area contributed by atoms with Gasteiger partial charge in [-0.25, -0.2) is 4.79 Å². The van der Waals surface area contributed by atoms with Gasteiger partial charge in [0.2, 0.25) is 0 Å². The molecule has 106 valence electrons. The molecule has 3 nitrogen and oxygen atoms in total. The van der Waals surface area contributed by atoms with Crippen molar-refractivity contribution in [3.63, 3.8) is 0 Å². The van der Waals surface area contributed by atoms with Crippen LogP contribution in [0.5, 0.6) is 0 Å². The van der Waals surface area contributed by atoms with Crippen molar-refractivity contribution in [1.82, 2.24) is 4.90 Å². The second-order valence-electron chi connectivity index (χ2n) is 4.69. The Morgan fingerprint density at radius 3 is 2.06 bits per heavy atom. The highest BCUT2D eigenvalue weighted by Gasteiger charge is 2.15. The third kappa shape index (κ3) is 8.29. The van der Waals surface area contributed by atoms with Gasteiger partial charge in [-0.15, -0.1) is 0 Å². The Balaban J connectivity index is 4.14. The van der Waals surface area contributed by atoms with Crippen LogP contribution in [0.15, 0.2) is 12.7 Å². The summed E-state index contributed by atoms with van der Waals surface area (Å²) in [5, 5.41) is 0. The van der Waals surface area contributed by atoms with Crippen molar-refractivity contribution in [1.29, 1.82) is 0 Å². The molecule has 0 aliphatic carbocycles. The van der Waals surface area contributed by atoms with Gasteiger partial charge in [-0.2, -0.15) is 0 Å². The molecule has 0 radical (unpaired) electrons. The summed E-state index contributed by atoms with van der Waals surface area (Å²) in [4.78, 5) is 13.5. The Kier molecular flexibility index (Phi) is 10.8. The SMILES string of the molecule is C=CC(=O)OC(C)N(CCCCC)CCCCC. The summed E-state index contributed by atoms with van der Waals surface area (Å²) < 4.78 is 5.29. The first-order valence-corrected chi connectivity index (χ1v) is 7.22. The molecule has 0 fully saturated rings. The minimum absolute atomic E-state index is 0.149. The molecule has 0 saturated heterocycles. The summed E-state index contributed by atoms with van der Waals surface area (Å²) in [6.45, 7) is 11.8. The van der Waals surface area contributed by atoms with Gasteiger partial charge >= 0.3 is 5.97 Å². The third-order valence-corrected chi connectivity index (χ3v) is 3.07. The number of nitrogens with zero attached hydrogens (tertiary/aromatic N) is 1. The molecule has 0 saturated carbocycles. The number of carbonyl (C=O) groups is 1. The Hall–Kier alpha value is -0.830. The predicted molar refractivity (Wildman–Crippen MR) is 76.4 cm³/mol. The molecule has 0 bridgehead atoms. The Labute approximate surface area is 112 Å². The van der Waals surface area contributed by atoms with E-state index in [4.69, 9.17) is 4.74 Å². The molecule has 3 heteroatoms. The summed E-state index contributed by atoms with van der Waals surface area (Å²) in [7, 11) is 0. The number of ether oxygens (including phenoxy) is 1. The van der Waals surface area contributed by atoms with Gasteiger partial charge in [-0.3, -0.25) is 4.90 Å². The summed E-state index contributed by atoms with van der Waals surface area (Å²) in [5.41, 5.74) is 0. The molecule has 0 aromatic heterocycles. The predicted octanol–water partition coefficient (Wildman–Crippen LogP) is 3.74. The fourth-order valence-electron chi connectivity index (χ4n) is 1.90. The maximum atomic E-state index is 11.2. The van der Waals surface area contributed by atoms with Gasteiger partial charge in [0.1, 0.15) is 0 Å². The number of hydrogen-bond acceptors (Lipinski definition) is 3. The fourth-order valence-corrected chi connectivity index (χ4v) is 1.90. The topological polar surface area (TPSA) is 29.5 Å². The standard InChI is InChI=1S/C15H29NO2/c1-5-8-10-12-16(13-11-9-6-2)14(4)18-15(17)7-3/h7,14H,3,5-6,8-13H2,1-2,4H3. The second kappa shape index (κ2) is 11.3. The highest BCUT2D eigenvalue weighted by atomic mass is 16.6. The van der Waals surface area contributed by atoms with Crippen molar-refractivity contribution in [2.24, 2.45) is 0 Å². The Morgan fingerprint density at radius 1 is 1.17 bits per heavy atom. The first-order valence-electron chi connectivity index (χ1n) is 7.22. The summed E-state index contributed by atoms with van der Waals surface area (Å²) in [6, 6.07) is 0. The zero-order valence-corrected chi connectivity index (χ0v) is 12.3. The van der Waals surface area contributed by atoms with Crippen LogP contribution < -0.4 is 0 Å². The molecule has 0 spiro atoms. The smallest absolute Gasteiger partial charge is 0.331 e. The Morgan fingerprint density at radius 2 is 1.67 bits per heavy atom. The van der Waals surface area contributed by atoms with Gasteiger partial charge in [0, 0.05) is 19.2 Å². The van der Waals surface area contributed by atoms with Crippen molar-refractivity contribution in [2.75, 3.05) is 13.1 Å². The molecule has 1 atom stereocenters. The largest absolute Gasteiger partial charge is 0.443 e. The van der Waals surface area contributed by atoms with E-state index in [1.54, 1.807) is 0 Å². The number of esters is 1. The van der Waals surface area contributed by atoms with E-state index in [0.717, 1.165) is 13.1 Å². The molecule has 0 aliphatic heterocycles. The van der Waals surface area contributed by atoms with Crippen molar-refractivity contribution in [3.05, 3.63) is 12.7 Å². The van der Waals surface area contributed by atoms with Crippen LogP contribution in [-0.2, 0) is 9.53 Å². The summed E-state index contributed by atoms with van der Waals surface area (Å²) in [6.07, 6.45) is 8.29. The van der Waals surface area contributed by atoms with E-state index < -0.39 is 0 Å². The van der Waals surface area contributed by atoms with E-state index in [1.807, 2.05) is 6.92 Å². The lowest BCUT2D eigenvalue weighted by Gasteiger charge is -2.28. The van der Waals surface area contributed by atoms with Gasteiger partial charge < -0.3 is 4.74 Å². The van der Waals surface area contributed by atoms with E-state index in [1.165, 1.54) is 44.6 Å². The van der Waals surface area contributed by atoms with Crippen LogP contribution >= 0.6 is 0 Å². The van der Waals surface area contributed by atoms with Crippen LogP contribution in [0.3, 0.4) is 0 Å². The minimum Gasteiger partial charge on any atom is -0.443 e. The molecular weight excluding hydrogens is 226 g/mol. The van der Waals surface area contributed by atoms with Crippen LogP contribution in [0.2, 0.25) is 0 Å². The molecule has 0 rings (SSSR count). The maximum Gasteiger partial charge on any atom is 0.331 e. The van der Waals surface area contributed by atoms with E-state index in [2.05, 4.69) is 25.3 Å². The summed E-state index contributed by atoms with van der Waals surface area (Å²) in [5.74, 6) is -0.335. The zero-order valence-electron chi connectivity index (χ0n) is 12.3. The first-order chi connectivity index (χ1) is 8.65. The highest BCUT2D eigenvalue weighted by molar-refractivity contribution is 5.81. The number of hydrogen-bond donors (Lipinski definition) is 0. The van der Waals surface area contributed by atoms with Crippen LogP contribution in [0.1, 0.15) is 59.3 Å². The molecule has 0 N–H and O–H groups in total. The first kappa shape index (κ1) is 17.2. The van der Waals surface area contributed by atoms with Gasteiger partial charge in [-0.05, 0) is 19.8 Å². The maximum absolute atomic E-state index is 11.2. The van der Waals surface area contributed by atoms with Gasteiger partial charge in [-0.1, -0.05) is 46.1 Å². The minimum atomic E-state index is -0.335. The number of carbonyl (C=O) groups excluding carboxylic acids is 1. The van der Waals surface area contributed by atoms with E-state index in [-0.39, 0.29) is 12.2 Å². The van der Waals surface area contributed by atoms with Crippen molar-refractivity contribution in [2.45, 2.75) is 65.5 Å². The normalized spacial score (nSPS) is 12.4. The molecule has 0 heterocycles. The van der Waals surface area contributed by atoms with Gasteiger partial charge in [0.05, 0.1) is 0 Å². The van der Waals surface area contributed by atoms with Crippen LogP contribution in [0, 0.1) is 0 Å². The highest BCUT2D eigenvalue weighted by Crippen LogP contribution is 2.08. The van der Waals surface area contributed by atoms with Crippen LogP contribution in [0.4, 0.5) is 0 Å². The number of rotatable bonds is 11. The van der Waals surface area contributed by atoms with Crippen LogP contribution in [-0.4, -0.2) is 30.2 Å². The summed E-state index contributed by atoms with van der Waals surface area (Å²) >= 11 is 0. The van der Waals surface area contributed by atoms with E-state index in [0.29, 0.717) is 0 Å². The van der Waals surface area contributed by atoms with E-state index in [9.17, 15) is 4.79 Å². The van der Waals surface area contributed by atoms with Crippen molar-refractivity contribution < 1.29 is 9.53 Å². The van der Waals surface area contributed by atoms with Crippen LogP contribution in [0.25, 0.3) is 0 Å². The number of unbranched alkanes of at least 4 members (excludes halogenated alkanes) is 4. The Bertz CT molecular complexity index is 219. The second-order valence-corrected chi connectivity index (χ2v) is 4.69. The lowest BCUT2D eigenvalue weighted by molar-refractivity contribution is -0.151. The third-order valence-electron chi connectivity index (χ3n) is 3.07. The lowest BCUT2D eigenvalue weighted by atomic mass is 10.2. The molecule has 0 aromatic carbocycles.